The Kier molecular flexibility index (Phi) is 4.70. The molecule has 0 spiro atoms. The number of rotatable bonds is 5. The molecule has 0 aliphatic carbocycles. The van der Waals surface area contributed by atoms with Gasteiger partial charge in [0, 0.05) is 23.5 Å². The monoisotopic (exact) mass is 303 g/mol. The van der Waals surface area contributed by atoms with Gasteiger partial charge in [-0.3, -0.25) is 4.79 Å². The lowest BCUT2D eigenvalue weighted by atomic mass is 10.1. The lowest BCUT2D eigenvalue weighted by Gasteiger charge is -2.06. The summed E-state index contributed by atoms with van der Waals surface area (Å²) >= 11 is 1.27. The van der Waals surface area contributed by atoms with E-state index in [1.54, 1.807) is 5.38 Å². The fraction of sp³-hybridized carbons (Fsp3) is 0.267. The van der Waals surface area contributed by atoms with Crippen molar-refractivity contribution in [1.82, 2.24) is 4.98 Å². The van der Waals surface area contributed by atoms with Gasteiger partial charge in [-0.25, -0.2) is 4.98 Å². The van der Waals surface area contributed by atoms with Crippen LogP contribution in [0.25, 0.3) is 0 Å². The van der Waals surface area contributed by atoms with Crippen LogP contribution in [-0.4, -0.2) is 16.9 Å². The van der Waals surface area contributed by atoms with Crippen molar-refractivity contribution >= 4 is 28.9 Å². The molecule has 0 saturated heterocycles. The second-order valence-electron chi connectivity index (χ2n) is 4.81. The van der Waals surface area contributed by atoms with Crippen molar-refractivity contribution in [2.75, 3.05) is 5.32 Å². The van der Waals surface area contributed by atoms with E-state index in [0.717, 1.165) is 11.3 Å². The van der Waals surface area contributed by atoms with Crippen LogP contribution in [0.15, 0.2) is 23.6 Å². The minimum Gasteiger partial charge on any atom is -0.550 e. The van der Waals surface area contributed by atoms with Gasteiger partial charge in [-0.05, 0) is 37.1 Å². The third kappa shape index (κ3) is 4.39. The van der Waals surface area contributed by atoms with E-state index in [1.807, 2.05) is 32.0 Å². The standard InChI is InChI=1S/C15H16N2O3S/c1-9-3-4-11(5-10(9)2)16-13(18)7-14-17-12(8-21-14)6-15(19)20/h3-5,8H,6-7H2,1-2H3,(H,16,18)(H,19,20)/p-1. The molecule has 0 aliphatic heterocycles. The Bertz CT molecular complexity index is 679. The molecule has 0 atom stereocenters. The molecule has 0 fully saturated rings. The van der Waals surface area contributed by atoms with E-state index in [2.05, 4.69) is 10.3 Å². The molecule has 1 aromatic carbocycles. The van der Waals surface area contributed by atoms with Crippen LogP contribution in [0.3, 0.4) is 0 Å². The van der Waals surface area contributed by atoms with Crippen LogP contribution in [0.5, 0.6) is 0 Å². The van der Waals surface area contributed by atoms with Gasteiger partial charge in [0.25, 0.3) is 0 Å². The quantitative estimate of drug-likeness (QED) is 0.900. The van der Waals surface area contributed by atoms with Gasteiger partial charge in [0.1, 0.15) is 5.01 Å². The number of nitrogens with zero attached hydrogens (tertiary/aromatic N) is 1. The molecule has 2 aromatic rings. The van der Waals surface area contributed by atoms with E-state index in [1.165, 1.54) is 16.9 Å². The highest BCUT2D eigenvalue weighted by Gasteiger charge is 2.09. The van der Waals surface area contributed by atoms with Crippen molar-refractivity contribution in [2.24, 2.45) is 0 Å². The number of aromatic nitrogens is 1. The summed E-state index contributed by atoms with van der Waals surface area (Å²) in [4.78, 5) is 26.5. The van der Waals surface area contributed by atoms with Gasteiger partial charge in [0.2, 0.25) is 5.91 Å². The molecule has 110 valence electrons. The van der Waals surface area contributed by atoms with E-state index in [4.69, 9.17) is 0 Å². The zero-order chi connectivity index (χ0) is 15.4. The van der Waals surface area contributed by atoms with E-state index < -0.39 is 5.97 Å². The SMILES string of the molecule is Cc1ccc(NC(=O)Cc2nc(CC(=O)[O-])cs2)cc1C. The van der Waals surface area contributed by atoms with Crippen LogP contribution in [0.2, 0.25) is 0 Å². The number of carboxylic acids is 1. The number of benzene rings is 1. The Morgan fingerprint density at radius 1 is 1.24 bits per heavy atom. The highest BCUT2D eigenvalue weighted by atomic mass is 32.1. The number of aryl methyl sites for hydroxylation is 2. The molecular formula is C15H15N2O3S-. The minimum absolute atomic E-state index is 0.130. The zero-order valence-corrected chi connectivity index (χ0v) is 12.6. The van der Waals surface area contributed by atoms with Crippen LogP contribution >= 0.6 is 11.3 Å². The maximum absolute atomic E-state index is 11.9. The molecule has 21 heavy (non-hydrogen) atoms. The smallest absolute Gasteiger partial charge is 0.231 e. The third-order valence-corrected chi connectivity index (χ3v) is 3.92. The first-order chi connectivity index (χ1) is 9.94. The summed E-state index contributed by atoms with van der Waals surface area (Å²) in [7, 11) is 0. The number of aliphatic carboxylic acids is 1. The summed E-state index contributed by atoms with van der Waals surface area (Å²) in [6.07, 6.45) is -0.0973. The van der Waals surface area contributed by atoms with Gasteiger partial charge in [-0.15, -0.1) is 11.3 Å². The zero-order valence-electron chi connectivity index (χ0n) is 11.8. The molecule has 5 nitrogen and oxygen atoms in total. The number of hydrogen-bond acceptors (Lipinski definition) is 5. The van der Waals surface area contributed by atoms with Gasteiger partial charge < -0.3 is 15.2 Å². The van der Waals surface area contributed by atoms with Crippen LogP contribution < -0.4 is 10.4 Å². The number of hydrogen-bond donors (Lipinski definition) is 1. The summed E-state index contributed by atoms with van der Waals surface area (Å²) < 4.78 is 0. The number of amides is 1. The molecule has 1 heterocycles. The molecule has 1 N–H and O–H groups in total. The fourth-order valence-corrected chi connectivity index (χ4v) is 2.61. The largest absolute Gasteiger partial charge is 0.550 e. The highest BCUT2D eigenvalue weighted by molar-refractivity contribution is 7.09. The van der Waals surface area contributed by atoms with Crippen molar-refractivity contribution < 1.29 is 14.7 Å². The van der Waals surface area contributed by atoms with E-state index in [0.29, 0.717) is 10.7 Å². The van der Waals surface area contributed by atoms with Crippen molar-refractivity contribution in [3.05, 3.63) is 45.4 Å². The maximum Gasteiger partial charge on any atom is 0.231 e. The summed E-state index contributed by atoms with van der Waals surface area (Å²) in [5.74, 6) is -1.35. The van der Waals surface area contributed by atoms with Crippen LogP contribution in [-0.2, 0) is 22.4 Å². The predicted octanol–water partition coefficient (Wildman–Crippen LogP) is 1.23. The van der Waals surface area contributed by atoms with Crippen LogP contribution in [0.4, 0.5) is 5.69 Å². The molecule has 0 aliphatic rings. The summed E-state index contributed by atoms with van der Waals surface area (Å²) in [5, 5.41) is 15.5. The van der Waals surface area contributed by atoms with Gasteiger partial charge in [-0.1, -0.05) is 6.07 Å². The van der Waals surface area contributed by atoms with Crippen LogP contribution in [0, 0.1) is 13.8 Å². The number of nitrogens with one attached hydrogen (secondary N) is 1. The molecule has 2 rings (SSSR count). The number of thiazole rings is 1. The van der Waals surface area contributed by atoms with Gasteiger partial charge in [-0.2, -0.15) is 0 Å². The molecule has 0 bridgehead atoms. The molecule has 0 unspecified atom stereocenters. The first kappa shape index (κ1) is 15.2. The van der Waals surface area contributed by atoms with Gasteiger partial charge in [0.15, 0.2) is 0 Å². The van der Waals surface area contributed by atoms with E-state index in [9.17, 15) is 14.7 Å². The van der Waals surface area contributed by atoms with Crippen molar-refractivity contribution in [2.45, 2.75) is 26.7 Å². The lowest BCUT2D eigenvalue weighted by Crippen LogP contribution is -2.24. The average molecular weight is 303 g/mol. The molecule has 1 amide bonds. The third-order valence-electron chi connectivity index (χ3n) is 3.03. The first-order valence-corrected chi connectivity index (χ1v) is 7.32. The van der Waals surface area contributed by atoms with E-state index >= 15 is 0 Å². The second kappa shape index (κ2) is 6.49. The molecule has 0 saturated carbocycles. The Morgan fingerprint density at radius 3 is 2.67 bits per heavy atom. The second-order valence-corrected chi connectivity index (χ2v) is 5.75. The summed E-state index contributed by atoms with van der Waals surface area (Å²) in [6, 6.07) is 5.71. The number of carbonyl (C=O) groups is 2. The maximum atomic E-state index is 11.9. The Labute approximate surface area is 126 Å². The Hall–Kier alpha value is -2.21. The predicted molar refractivity (Wildman–Crippen MR) is 79.1 cm³/mol. The topological polar surface area (TPSA) is 82.1 Å². The first-order valence-electron chi connectivity index (χ1n) is 6.44. The Morgan fingerprint density at radius 2 is 2.00 bits per heavy atom. The molecular weight excluding hydrogens is 288 g/mol. The average Bonchev–Trinajstić information content (AvgIpc) is 2.80. The molecule has 1 aromatic heterocycles. The highest BCUT2D eigenvalue weighted by Crippen LogP contribution is 2.15. The number of anilines is 1. The number of carbonyl (C=O) groups excluding carboxylic acids is 2. The normalized spacial score (nSPS) is 10.4. The molecule has 0 radical (unpaired) electrons. The van der Waals surface area contributed by atoms with E-state index in [-0.39, 0.29) is 18.7 Å². The van der Waals surface area contributed by atoms with Crippen LogP contribution in [0.1, 0.15) is 21.8 Å². The summed E-state index contributed by atoms with van der Waals surface area (Å²) in [6.45, 7) is 3.99. The van der Waals surface area contributed by atoms with Gasteiger partial charge >= 0.3 is 0 Å². The fourth-order valence-electron chi connectivity index (χ4n) is 1.82. The minimum atomic E-state index is -1.17. The van der Waals surface area contributed by atoms with Gasteiger partial charge in [0.05, 0.1) is 12.1 Å². The molecule has 6 heteroatoms. The van der Waals surface area contributed by atoms with Crippen molar-refractivity contribution in [3.8, 4) is 0 Å². The Balaban J connectivity index is 1.96. The summed E-state index contributed by atoms with van der Waals surface area (Å²) in [5.41, 5.74) is 3.45. The lowest BCUT2D eigenvalue weighted by molar-refractivity contribution is -0.304. The van der Waals surface area contributed by atoms with Crippen molar-refractivity contribution in [3.63, 3.8) is 0 Å². The number of carboxylic acid groups (broad SMARTS) is 1. The van der Waals surface area contributed by atoms with Crippen molar-refractivity contribution in [1.29, 1.82) is 0 Å².